The quantitative estimate of drug-likeness (QED) is 0.319. The number of methoxy groups -OCH3 is 1. The van der Waals surface area contributed by atoms with Crippen molar-refractivity contribution in [3.05, 3.63) is 76.8 Å². The van der Waals surface area contributed by atoms with Gasteiger partial charge < -0.3 is 19.5 Å². The summed E-state index contributed by atoms with van der Waals surface area (Å²) in [5, 5.41) is 10.4. The van der Waals surface area contributed by atoms with Crippen LogP contribution in [0.25, 0.3) is 0 Å². The molecule has 0 saturated carbocycles. The maximum atomic E-state index is 13.2. The summed E-state index contributed by atoms with van der Waals surface area (Å²) in [6, 6.07) is 12.0. The van der Waals surface area contributed by atoms with Gasteiger partial charge in [0.25, 0.3) is 0 Å². The Balaban J connectivity index is 1.59. The van der Waals surface area contributed by atoms with E-state index in [4.69, 9.17) is 9.47 Å². The lowest BCUT2D eigenvalue weighted by atomic mass is 10.1. The Morgan fingerprint density at radius 2 is 1.83 bits per heavy atom. The molecule has 2 aromatic carbocycles. The van der Waals surface area contributed by atoms with E-state index in [9.17, 15) is 24.3 Å². The van der Waals surface area contributed by atoms with Gasteiger partial charge in [0.1, 0.15) is 17.9 Å². The zero-order valence-electron chi connectivity index (χ0n) is 19.0. The van der Waals surface area contributed by atoms with Crippen molar-refractivity contribution in [1.82, 2.24) is 0 Å². The minimum absolute atomic E-state index is 0.0119. The summed E-state index contributed by atoms with van der Waals surface area (Å²) in [6.07, 6.45) is 0.0872. The van der Waals surface area contributed by atoms with Gasteiger partial charge in [-0.25, -0.2) is 4.79 Å². The van der Waals surface area contributed by atoms with Crippen LogP contribution in [0, 0.1) is 0 Å². The van der Waals surface area contributed by atoms with Crippen molar-refractivity contribution in [2.45, 2.75) is 23.8 Å². The lowest BCUT2D eigenvalue weighted by molar-refractivity contribution is -0.140. The SMILES string of the molecule is C=CC(=O)OCC(O)CCC(=O)CN1C(=C2C(=O)c3ccccc3C2=O)Sc2ccc(OC)cc21. The number of anilines is 1. The number of fused-ring (bicyclic) bond motifs is 2. The van der Waals surface area contributed by atoms with Crippen LogP contribution in [0.2, 0.25) is 0 Å². The van der Waals surface area contributed by atoms with E-state index in [2.05, 4.69) is 6.58 Å². The number of ether oxygens (including phenoxy) is 2. The van der Waals surface area contributed by atoms with Crippen LogP contribution < -0.4 is 9.64 Å². The molecule has 0 fully saturated rings. The van der Waals surface area contributed by atoms with E-state index in [0.717, 1.165) is 11.0 Å². The van der Waals surface area contributed by atoms with Gasteiger partial charge >= 0.3 is 5.97 Å². The van der Waals surface area contributed by atoms with Crippen molar-refractivity contribution in [1.29, 1.82) is 0 Å². The summed E-state index contributed by atoms with van der Waals surface area (Å²) >= 11 is 1.26. The first-order valence-electron chi connectivity index (χ1n) is 10.9. The monoisotopic (exact) mass is 493 g/mol. The van der Waals surface area contributed by atoms with E-state index in [0.29, 0.717) is 27.6 Å². The number of nitrogens with zero attached hydrogens (tertiary/aromatic N) is 1. The second-order valence-electron chi connectivity index (χ2n) is 7.97. The Morgan fingerprint density at radius 3 is 2.46 bits per heavy atom. The molecule has 0 aromatic heterocycles. The molecule has 1 aliphatic heterocycles. The van der Waals surface area contributed by atoms with E-state index in [1.807, 2.05) is 6.07 Å². The number of carbonyl (C=O) groups excluding carboxylic acids is 4. The van der Waals surface area contributed by atoms with Crippen LogP contribution in [0.5, 0.6) is 5.75 Å². The van der Waals surface area contributed by atoms with Gasteiger partial charge in [0.15, 0.2) is 17.3 Å². The van der Waals surface area contributed by atoms with Crippen LogP contribution in [0.1, 0.15) is 33.6 Å². The number of rotatable bonds is 9. The largest absolute Gasteiger partial charge is 0.497 e. The van der Waals surface area contributed by atoms with Crippen LogP contribution in [0.4, 0.5) is 5.69 Å². The van der Waals surface area contributed by atoms with E-state index in [-0.39, 0.29) is 48.9 Å². The summed E-state index contributed by atoms with van der Waals surface area (Å²) in [5.74, 6) is -1.04. The fourth-order valence-corrected chi connectivity index (χ4v) is 5.06. The van der Waals surface area contributed by atoms with Gasteiger partial charge in [0.05, 0.1) is 30.5 Å². The average molecular weight is 494 g/mol. The van der Waals surface area contributed by atoms with Gasteiger partial charge in [0.2, 0.25) is 0 Å². The van der Waals surface area contributed by atoms with Crippen molar-refractivity contribution in [2.24, 2.45) is 0 Å². The summed E-state index contributed by atoms with van der Waals surface area (Å²) in [5.41, 5.74) is 1.38. The van der Waals surface area contributed by atoms with Crippen LogP contribution in [0.3, 0.4) is 0 Å². The molecule has 0 radical (unpaired) electrons. The molecule has 2 aliphatic rings. The Labute approximate surface area is 206 Å². The average Bonchev–Trinajstić information content (AvgIpc) is 3.34. The van der Waals surface area contributed by atoms with Crippen molar-refractivity contribution >= 4 is 40.8 Å². The molecular formula is C26H23NO7S. The minimum atomic E-state index is -1.01. The fourth-order valence-electron chi connectivity index (χ4n) is 3.88. The molecule has 0 bridgehead atoms. The van der Waals surface area contributed by atoms with Crippen LogP contribution in [-0.4, -0.2) is 54.8 Å². The fraction of sp³-hybridized carbons (Fsp3) is 0.231. The lowest BCUT2D eigenvalue weighted by Gasteiger charge is -2.21. The first kappa shape index (κ1) is 24.4. The summed E-state index contributed by atoms with van der Waals surface area (Å²) in [6.45, 7) is 2.93. The van der Waals surface area contributed by atoms with Gasteiger partial charge in [-0.05, 0) is 18.6 Å². The molecule has 1 atom stereocenters. The number of hydrogen-bond acceptors (Lipinski definition) is 9. The molecule has 1 N–H and O–H groups in total. The number of ketones is 3. The van der Waals surface area contributed by atoms with Crippen molar-refractivity contribution in [2.75, 3.05) is 25.2 Å². The number of aliphatic hydroxyl groups excluding tert-OH is 1. The maximum Gasteiger partial charge on any atom is 0.330 e. The predicted molar refractivity (Wildman–Crippen MR) is 130 cm³/mol. The topological polar surface area (TPSA) is 110 Å². The number of allylic oxidation sites excluding steroid dienone is 1. The molecule has 0 spiro atoms. The lowest BCUT2D eigenvalue weighted by Crippen LogP contribution is -2.29. The molecule has 0 amide bonds. The first-order valence-corrected chi connectivity index (χ1v) is 11.7. The Morgan fingerprint density at radius 1 is 1.14 bits per heavy atom. The van der Waals surface area contributed by atoms with Crippen molar-refractivity contribution < 1.29 is 33.8 Å². The molecule has 9 heteroatoms. The molecule has 8 nitrogen and oxygen atoms in total. The zero-order chi connectivity index (χ0) is 25.1. The third kappa shape index (κ3) is 4.91. The molecule has 0 saturated heterocycles. The second kappa shape index (κ2) is 10.3. The predicted octanol–water partition coefficient (Wildman–Crippen LogP) is 3.34. The summed E-state index contributed by atoms with van der Waals surface area (Å²) < 4.78 is 10.1. The number of hydrogen-bond donors (Lipinski definition) is 1. The molecule has 180 valence electrons. The van der Waals surface area contributed by atoms with Gasteiger partial charge in [0, 0.05) is 34.6 Å². The number of carbonyl (C=O) groups is 4. The minimum Gasteiger partial charge on any atom is -0.497 e. The Kier molecular flexibility index (Phi) is 7.18. The molecule has 4 rings (SSSR count). The van der Waals surface area contributed by atoms with Gasteiger partial charge in [-0.1, -0.05) is 42.6 Å². The highest BCUT2D eigenvalue weighted by Gasteiger charge is 2.40. The molecule has 1 unspecified atom stereocenters. The van der Waals surface area contributed by atoms with Crippen LogP contribution >= 0.6 is 11.8 Å². The maximum absolute atomic E-state index is 13.2. The van der Waals surface area contributed by atoms with E-state index < -0.39 is 12.1 Å². The van der Waals surface area contributed by atoms with Crippen LogP contribution in [-0.2, 0) is 14.3 Å². The third-order valence-electron chi connectivity index (χ3n) is 5.67. The molecule has 1 heterocycles. The smallest absolute Gasteiger partial charge is 0.330 e. The van der Waals surface area contributed by atoms with Crippen molar-refractivity contribution in [3.8, 4) is 5.75 Å². The van der Waals surface area contributed by atoms with Gasteiger partial charge in [-0.2, -0.15) is 0 Å². The molecule has 1 aliphatic carbocycles. The Bertz CT molecular complexity index is 1230. The summed E-state index contributed by atoms with van der Waals surface area (Å²) in [7, 11) is 1.53. The van der Waals surface area contributed by atoms with E-state index in [1.165, 1.54) is 18.9 Å². The number of esters is 1. The highest BCUT2D eigenvalue weighted by Crippen LogP contribution is 2.50. The molecular weight excluding hydrogens is 470 g/mol. The van der Waals surface area contributed by atoms with E-state index in [1.54, 1.807) is 41.3 Å². The number of thioether (sulfide) groups is 1. The first-order chi connectivity index (χ1) is 16.8. The Hall–Kier alpha value is -3.69. The highest BCUT2D eigenvalue weighted by molar-refractivity contribution is 8.03. The number of aliphatic hydroxyl groups is 1. The van der Waals surface area contributed by atoms with Crippen molar-refractivity contribution in [3.63, 3.8) is 0 Å². The van der Waals surface area contributed by atoms with Gasteiger partial charge in [-0.15, -0.1) is 0 Å². The summed E-state index contributed by atoms with van der Waals surface area (Å²) in [4.78, 5) is 52.8. The molecule has 35 heavy (non-hydrogen) atoms. The molecule has 2 aromatic rings. The zero-order valence-corrected chi connectivity index (χ0v) is 19.8. The standard InChI is InChI=1S/C26H23NO7S/c1-3-22(30)34-14-16(29)9-8-15(28)13-27-20-12-17(33-2)10-11-21(20)35-26(27)23-24(31)18-6-4-5-7-19(18)25(23)32/h3-7,10-12,16,29H,1,8-9,13-14H2,2H3. The third-order valence-corrected chi connectivity index (χ3v) is 6.85. The highest BCUT2D eigenvalue weighted by atomic mass is 32.2. The number of Topliss-reactive ketones (excluding diaryl/α,β-unsaturated/α-hetero) is 3. The van der Waals surface area contributed by atoms with Gasteiger partial charge in [-0.3, -0.25) is 14.4 Å². The normalized spacial score (nSPS) is 15.1. The number of benzene rings is 2. The van der Waals surface area contributed by atoms with Crippen LogP contribution in [0.15, 0.2) is 70.6 Å². The van der Waals surface area contributed by atoms with E-state index >= 15 is 0 Å². The second-order valence-corrected chi connectivity index (χ2v) is 9.00.